The van der Waals surface area contributed by atoms with Gasteiger partial charge >= 0.3 is 0 Å². The lowest BCUT2D eigenvalue weighted by atomic mass is 9.82. The molecule has 16 heavy (non-hydrogen) atoms. The Labute approximate surface area is 101 Å². The number of aldehydes is 1. The Morgan fingerprint density at radius 1 is 1.38 bits per heavy atom. The van der Waals surface area contributed by atoms with Gasteiger partial charge in [0.05, 0.1) is 0 Å². The fourth-order valence-electron chi connectivity index (χ4n) is 2.25. The summed E-state index contributed by atoms with van der Waals surface area (Å²) in [6.45, 7) is 1.52. The first kappa shape index (κ1) is 11.6. The monoisotopic (exact) mass is 238 g/mol. The van der Waals surface area contributed by atoms with Crippen molar-refractivity contribution in [1.82, 2.24) is 0 Å². The van der Waals surface area contributed by atoms with E-state index in [-0.39, 0.29) is 5.92 Å². The van der Waals surface area contributed by atoms with Crippen LogP contribution in [0.2, 0.25) is 5.02 Å². The summed E-state index contributed by atoms with van der Waals surface area (Å²) in [6, 6.07) is 7.58. The topological polar surface area (TPSA) is 26.3 Å². The molecule has 1 heterocycles. The van der Waals surface area contributed by atoms with Crippen molar-refractivity contribution in [2.45, 2.75) is 18.8 Å². The highest BCUT2D eigenvalue weighted by Gasteiger charge is 2.24. The van der Waals surface area contributed by atoms with Crippen LogP contribution in [0.5, 0.6) is 0 Å². The Morgan fingerprint density at radius 3 is 2.75 bits per heavy atom. The lowest BCUT2D eigenvalue weighted by Gasteiger charge is -2.27. The first-order valence-corrected chi connectivity index (χ1v) is 5.97. The first-order chi connectivity index (χ1) is 7.81. The van der Waals surface area contributed by atoms with E-state index in [4.69, 9.17) is 16.3 Å². The molecule has 86 valence electrons. The van der Waals surface area contributed by atoms with Gasteiger partial charge in [0.1, 0.15) is 6.29 Å². The van der Waals surface area contributed by atoms with E-state index >= 15 is 0 Å². The minimum atomic E-state index is -0.0393. The third-order valence-corrected chi connectivity index (χ3v) is 3.39. The molecule has 2 rings (SSSR count). The molecule has 1 fully saturated rings. The number of benzene rings is 1. The summed E-state index contributed by atoms with van der Waals surface area (Å²) < 4.78 is 5.31. The van der Waals surface area contributed by atoms with Gasteiger partial charge in [-0.05, 0) is 36.5 Å². The Morgan fingerprint density at radius 2 is 2.12 bits per heavy atom. The molecule has 1 aliphatic rings. The molecule has 0 N–H and O–H groups in total. The SMILES string of the molecule is O=CC(c1cccc(Cl)c1)C1CCOCC1. The summed E-state index contributed by atoms with van der Waals surface area (Å²) in [5.41, 5.74) is 1.02. The van der Waals surface area contributed by atoms with Crippen molar-refractivity contribution >= 4 is 17.9 Å². The predicted octanol–water partition coefficient (Wildman–Crippen LogP) is 3.05. The minimum Gasteiger partial charge on any atom is -0.381 e. The number of carbonyl (C=O) groups excluding carboxylic acids is 1. The van der Waals surface area contributed by atoms with Crippen LogP contribution in [0.4, 0.5) is 0 Å². The van der Waals surface area contributed by atoms with Crippen LogP contribution in [0.15, 0.2) is 24.3 Å². The molecular weight excluding hydrogens is 224 g/mol. The molecule has 1 aromatic rings. The fourth-order valence-corrected chi connectivity index (χ4v) is 2.45. The number of ether oxygens (including phenoxy) is 1. The predicted molar refractivity (Wildman–Crippen MR) is 63.8 cm³/mol. The third kappa shape index (κ3) is 2.63. The van der Waals surface area contributed by atoms with Gasteiger partial charge in [0.2, 0.25) is 0 Å². The molecule has 1 aliphatic heterocycles. The molecule has 2 nitrogen and oxygen atoms in total. The lowest BCUT2D eigenvalue weighted by Crippen LogP contribution is -2.23. The van der Waals surface area contributed by atoms with Gasteiger partial charge in [-0.25, -0.2) is 0 Å². The van der Waals surface area contributed by atoms with Crippen molar-refractivity contribution in [2.75, 3.05) is 13.2 Å². The molecule has 0 saturated carbocycles. The smallest absolute Gasteiger partial charge is 0.127 e. The van der Waals surface area contributed by atoms with Gasteiger partial charge < -0.3 is 9.53 Å². The summed E-state index contributed by atoms with van der Waals surface area (Å²) in [5, 5.41) is 0.691. The zero-order valence-corrected chi connectivity index (χ0v) is 9.82. The van der Waals surface area contributed by atoms with Crippen LogP contribution >= 0.6 is 11.6 Å². The van der Waals surface area contributed by atoms with E-state index in [1.165, 1.54) is 0 Å². The van der Waals surface area contributed by atoms with E-state index < -0.39 is 0 Å². The van der Waals surface area contributed by atoms with E-state index in [1.54, 1.807) is 0 Å². The number of hydrogen-bond donors (Lipinski definition) is 0. The molecular formula is C13H15ClO2. The van der Waals surface area contributed by atoms with E-state index in [0.29, 0.717) is 10.9 Å². The maximum atomic E-state index is 11.2. The maximum Gasteiger partial charge on any atom is 0.127 e. The molecule has 1 saturated heterocycles. The number of carbonyl (C=O) groups is 1. The van der Waals surface area contributed by atoms with Gasteiger partial charge in [0.25, 0.3) is 0 Å². The van der Waals surface area contributed by atoms with Gasteiger partial charge in [-0.3, -0.25) is 0 Å². The Bertz CT molecular complexity index is 359. The zero-order chi connectivity index (χ0) is 11.4. The largest absolute Gasteiger partial charge is 0.381 e. The quantitative estimate of drug-likeness (QED) is 0.757. The molecule has 0 spiro atoms. The molecule has 0 aliphatic carbocycles. The molecule has 3 heteroatoms. The van der Waals surface area contributed by atoms with Crippen LogP contribution in [0.3, 0.4) is 0 Å². The van der Waals surface area contributed by atoms with Gasteiger partial charge in [-0.15, -0.1) is 0 Å². The average Bonchev–Trinajstić information content (AvgIpc) is 2.31. The van der Waals surface area contributed by atoms with Crippen LogP contribution in [0.1, 0.15) is 24.3 Å². The summed E-state index contributed by atoms with van der Waals surface area (Å²) >= 11 is 5.94. The normalized spacial score (nSPS) is 19.3. The summed E-state index contributed by atoms with van der Waals surface area (Å²) in [5.74, 6) is 0.354. The van der Waals surface area contributed by atoms with Crippen molar-refractivity contribution in [3.05, 3.63) is 34.9 Å². The highest BCUT2D eigenvalue weighted by Crippen LogP contribution is 2.31. The van der Waals surface area contributed by atoms with Crippen LogP contribution in [0.25, 0.3) is 0 Å². The second-order valence-electron chi connectivity index (χ2n) is 4.17. The van der Waals surface area contributed by atoms with Crippen LogP contribution in [0, 0.1) is 5.92 Å². The van der Waals surface area contributed by atoms with Crippen LogP contribution in [-0.4, -0.2) is 19.5 Å². The van der Waals surface area contributed by atoms with Crippen LogP contribution in [-0.2, 0) is 9.53 Å². The highest BCUT2D eigenvalue weighted by molar-refractivity contribution is 6.30. The van der Waals surface area contributed by atoms with E-state index in [2.05, 4.69) is 0 Å². The molecule has 0 aromatic heterocycles. The van der Waals surface area contributed by atoms with Crippen molar-refractivity contribution in [1.29, 1.82) is 0 Å². The first-order valence-electron chi connectivity index (χ1n) is 5.60. The Balaban J connectivity index is 2.17. The lowest BCUT2D eigenvalue weighted by molar-refractivity contribution is -0.110. The molecule has 1 atom stereocenters. The summed E-state index contributed by atoms with van der Waals surface area (Å²) in [6.07, 6.45) is 2.95. The molecule has 0 radical (unpaired) electrons. The maximum absolute atomic E-state index is 11.2. The van der Waals surface area contributed by atoms with E-state index in [0.717, 1.165) is 37.9 Å². The average molecular weight is 239 g/mol. The summed E-state index contributed by atoms with van der Waals surface area (Å²) in [4.78, 5) is 11.2. The minimum absolute atomic E-state index is 0.0393. The fraction of sp³-hybridized carbons (Fsp3) is 0.462. The number of rotatable bonds is 3. The molecule has 0 amide bonds. The van der Waals surface area contributed by atoms with Crippen LogP contribution < -0.4 is 0 Å². The molecule has 0 bridgehead atoms. The Kier molecular flexibility index (Phi) is 3.97. The van der Waals surface area contributed by atoms with Crippen molar-refractivity contribution in [3.63, 3.8) is 0 Å². The van der Waals surface area contributed by atoms with Gasteiger partial charge in [-0.2, -0.15) is 0 Å². The molecule has 1 aromatic carbocycles. The van der Waals surface area contributed by atoms with Gasteiger partial charge in [-0.1, -0.05) is 23.7 Å². The second-order valence-corrected chi connectivity index (χ2v) is 4.60. The standard InChI is InChI=1S/C13H15ClO2/c14-12-3-1-2-11(8-12)13(9-15)10-4-6-16-7-5-10/h1-3,8-10,13H,4-7H2. The van der Waals surface area contributed by atoms with Crippen molar-refractivity contribution in [3.8, 4) is 0 Å². The number of halogens is 1. The van der Waals surface area contributed by atoms with Crippen molar-refractivity contribution in [2.24, 2.45) is 5.92 Å². The van der Waals surface area contributed by atoms with Gasteiger partial charge in [0, 0.05) is 24.2 Å². The molecule has 1 unspecified atom stereocenters. The van der Waals surface area contributed by atoms with Crippen molar-refractivity contribution < 1.29 is 9.53 Å². The Hall–Kier alpha value is -0.860. The third-order valence-electron chi connectivity index (χ3n) is 3.15. The highest BCUT2D eigenvalue weighted by atomic mass is 35.5. The van der Waals surface area contributed by atoms with Gasteiger partial charge in [0.15, 0.2) is 0 Å². The summed E-state index contributed by atoms with van der Waals surface area (Å²) in [7, 11) is 0. The van der Waals surface area contributed by atoms with E-state index in [1.807, 2.05) is 24.3 Å². The second kappa shape index (κ2) is 5.46. The zero-order valence-electron chi connectivity index (χ0n) is 9.06. The number of hydrogen-bond acceptors (Lipinski definition) is 2. The van der Waals surface area contributed by atoms with E-state index in [9.17, 15) is 4.79 Å².